The first-order valence-corrected chi connectivity index (χ1v) is 9.25. The van der Waals surface area contributed by atoms with Gasteiger partial charge in [0.1, 0.15) is 5.78 Å². The SMILES string of the molecule is CCC(=O)CCCCCCc1ncc(-c2ccc3[nH]c(=O)ccc3c2)o1. The first kappa shape index (κ1) is 18.1. The first-order valence-electron chi connectivity index (χ1n) is 9.25. The molecule has 2 heterocycles. The molecular formula is C21H24N2O3. The van der Waals surface area contributed by atoms with Crippen LogP contribution in [0.2, 0.25) is 0 Å². The molecule has 0 bridgehead atoms. The number of rotatable bonds is 9. The fraction of sp³-hybridized carbons (Fsp3) is 0.381. The average molecular weight is 352 g/mol. The van der Waals surface area contributed by atoms with Crippen molar-refractivity contribution in [3.05, 3.63) is 52.8 Å². The zero-order chi connectivity index (χ0) is 18.4. The van der Waals surface area contributed by atoms with Crippen LogP contribution in [0.15, 0.2) is 45.7 Å². The van der Waals surface area contributed by atoms with Gasteiger partial charge in [-0.3, -0.25) is 9.59 Å². The number of unbranched alkanes of at least 4 members (excludes halogenated alkanes) is 3. The molecule has 5 nitrogen and oxygen atoms in total. The van der Waals surface area contributed by atoms with Gasteiger partial charge in [-0.1, -0.05) is 19.8 Å². The number of aryl methyl sites for hydroxylation is 1. The third-order valence-electron chi connectivity index (χ3n) is 4.55. The van der Waals surface area contributed by atoms with Crippen molar-refractivity contribution in [3.63, 3.8) is 0 Å². The first-order chi connectivity index (χ1) is 12.7. The molecule has 0 saturated carbocycles. The van der Waals surface area contributed by atoms with Gasteiger partial charge in [-0.25, -0.2) is 4.98 Å². The summed E-state index contributed by atoms with van der Waals surface area (Å²) in [5, 5.41) is 0.960. The van der Waals surface area contributed by atoms with Gasteiger partial charge in [0, 0.05) is 36.4 Å². The Morgan fingerprint density at radius 1 is 1.12 bits per heavy atom. The topological polar surface area (TPSA) is 76.0 Å². The van der Waals surface area contributed by atoms with Crippen LogP contribution >= 0.6 is 0 Å². The summed E-state index contributed by atoms with van der Waals surface area (Å²) in [6.07, 6.45) is 8.05. The normalized spacial score (nSPS) is 11.1. The standard InChI is InChI=1S/C21H24N2O3/c1-2-17(24)7-5-3-4-6-8-21-22-14-19(26-21)16-9-11-18-15(13-16)10-12-20(25)23-18/h9-14H,2-8H2,1H3,(H,23,25). The van der Waals surface area contributed by atoms with E-state index in [-0.39, 0.29) is 5.56 Å². The largest absolute Gasteiger partial charge is 0.441 e. The molecule has 0 saturated heterocycles. The molecule has 1 aromatic carbocycles. The van der Waals surface area contributed by atoms with E-state index in [1.54, 1.807) is 12.3 Å². The molecule has 0 fully saturated rings. The Hall–Kier alpha value is -2.69. The Balaban J connectivity index is 1.54. The van der Waals surface area contributed by atoms with Crippen molar-refractivity contribution in [2.24, 2.45) is 0 Å². The molecular weight excluding hydrogens is 328 g/mol. The highest BCUT2D eigenvalue weighted by Gasteiger charge is 2.08. The van der Waals surface area contributed by atoms with Crippen LogP contribution in [-0.2, 0) is 11.2 Å². The minimum atomic E-state index is -0.105. The van der Waals surface area contributed by atoms with Crippen molar-refractivity contribution in [1.82, 2.24) is 9.97 Å². The number of fused-ring (bicyclic) bond motifs is 1. The van der Waals surface area contributed by atoms with Crippen molar-refractivity contribution in [1.29, 1.82) is 0 Å². The number of H-pyrrole nitrogens is 1. The van der Waals surface area contributed by atoms with E-state index in [2.05, 4.69) is 9.97 Å². The molecule has 0 spiro atoms. The van der Waals surface area contributed by atoms with Gasteiger partial charge in [0.25, 0.3) is 0 Å². The van der Waals surface area contributed by atoms with Crippen LogP contribution in [0, 0.1) is 0 Å². The summed E-state index contributed by atoms with van der Waals surface area (Å²) in [5.41, 5.74) is 1.65. The Morgan fingerprint density at radius 2 is 1.96 bits per heavy atom. The number of carbonyl (C=O) groups excluding carboxylic acids is 1. The van der Waals surface area contributed by atoms with Crippen LogP contribution in [-0.4, -0.2) is 15.8 Å². The van der Waals surface area contributed by atoms with Crippen molar-refractivity contribution >= 4 is 16.7 Å². The van der Waals surface area contributed by atoms with Crippen LogP contribution in [0.4, 0.5) is 0 Å². The Bertz CT molecular complexity index is 940. The second-order valence-corrected chi connectivity index (χ2v) is 6.55. The fourth-order valence-electron chi connectivity index (χ4n) is 3.00. The maximum absolute atomic E-state index is 11.4. The molecule has 26 heavy (non-hydrogen) atoms. The Kier molecular flexibility index (Phi) is 6.00. The minimum absolute atomic E-state index is 0.105. The zero-order valence-electron chi connectivity index (χ0n) is 15.1. The molecule has 0 atom stereocenters. The number of pyridine rings is 1. The van der Waals surface area contributed by atoms with Gasteiger partial charge in [0.05, 0.1) is 6.20 Å². The van der Waals surface area contributed by atoms with Gasteiger partial charge < -0.3 is 9.40 Å². The molecule has 0 radical (unpaired) electrons. The summed E-state index contributed by atoms with van der Waals surface area (Å²) in [7, 11) is 0. The van der Waals surface area contributed by atoms with Gasteiger partial charge in [-0.05, 0) is 42.5 Å². The number of carbonyl (C=O) groups is 1. The van der Waals surface area contributed by atoms with E-state index in [0.717, 1.165) is 60.2 Å². The van der Waals surface area contributed by atoms with Crippen molar-refractivity contribution in [3.8, 4) is 11.3 Å². The summed E-state index contributed by atoms with van der Waals surface area (Å²) in [6, 6.07) is 9.11. The highest BCUT2D eigenvalue weighted by atomic mass is 16.4. The Labute approximate surface area is 152 Å². The molecule has 0 aliphatic rings. The van der Waals surface area contributed by atoms with Crippen molar-refractivity contribution < 1.29 is 9.21 Å². The minimum Gasteiger partial charge on any atom is -0.441 e. The third kappa shape index (κ3) is 4.69. The summed E-state index contributed by atoms with van der Waals surface area (Å²) in [6.45, 7) is 1.91. The number of nitrogens with one attached hydrogen (secondary N) is 1. The molecule has 2 aromatic heterocycles. The van der Waals surface area contributed by atoms with E-state index in [0.29, 0.717) is 18.6 Å². The van der Waals surface area contributed by atoms with Crippen LogP contribution in [0.5, 0.6) is 0 Å². The van der Waals surface area contributed by atoms with E-state index in [4.69, 9.17) is 4.42 Å². The highest BCUT2D eigenvalue weighted by Crippen LogP contribution is 2.24. The molecule has 3 aromatic rings. The van der Waals surface area contributed by atoms with E-state index >= 15 is 0 Å². The summed E-state index contributed by atoms with van der Waals surface area (Å²) in [5.74, 6) is 1.83. The summed E-state index contributed by atoms with van der Waals surface area (Å²) < 4.78 is 5.87. The van der Waals surface area contributed by atoms with Crippen LogP contribution in [0.25, 0.3) is 22.2 Å². The lowest BCUT2D eigenvalue weighted by molar-refractivity contribution is -0.118. The predicted molar refractivity (Wildman–Crippen MR) is 102 cm³/mol. The highest BCUT2D eigenvalue weighted by molar-refractivity contribution is 5.83. The van der Waals surface area contributed by atoms with Crippen molar-refractivity contribution in [2.75, 3.05) is 0 Å². The van der Waals surface area contributed by atoms with E-state index in [1.807, 2.05) is 25.1 Å². The fourth-order valence-corrected chi connectivity index (χ4v) is 3.00. The van der Waals surface area contributed by atoms with E-state index < -0.39 is 0 Å². The van der Waals surface area contributed by atoms with Gasteiger partial charge >= 0.3 is 0 Å². The number of benzene rings is 1. The van der Waals surface area contributed by atoms with Gasteiger partial charge in [-0.15, -0.1) is 0 Å². The van der Waals surface area contributed by atoms with E-state index in [1.165, 1.54) is 6.07 Å². The third-order valence-corrected chi connectivity index (χ3v) is 4.55. The molecule has 5 heteroatoms. The summed E-state index contributed by atoms with van der Waals surface area (Å²) >= 11 is 0. The average Bonchev–Trinajstić information content (AvgIpc) is 3.12. The number of aromatic nitrogens is 2. The molecule has 0 aliphatic carbocycles. The number of aromatic amines is 1. The number of hydrogen-bond donors (Lipinski definition) is 1. The number of hydrogen-bond acceptors (Lipinski definition) is 4. The number of Topliss-reactive ketones (excluding diaryl/α,β-unsaturated/α-hetero) is 1. The van der Waals surface area contributed by atoms with Crippen LogP contribution in [0.3, 0.4) is 0 Å². The monoisotopic (exact) mass is 352 g/mol. The van der Waals surface area contributed by atoms with Crippen LogP contribution in [0.1, 0.15) is 51.3 Å². The predicted octanol–water partition coefficient (Wildman–Crippen LogP) is 4.66. The molecule has 3 rings (SSSR count). The molecule has 0 amide bonds. The molecule has 136 valence electrons. The number of oxazole rings is 1. The zero-order valence-corrected chi connectivity index (χ0v) is 15.1. The van der Waals surface area contributed by atoms with Crippen molar-refractivity contribution in [2.45, 2.75) is 51.9 Å². The maximum atomic E-state index is 11.4. The smallest absolute Gasteiger partial charge is 0.248 e. The van der Waals surface area contributed by atoms with Crippen LogP contribution < -0.4 is 5.56 Å². The van der Waals surface area contributed by atoms with Gasteiger partial charge in [-0.2, -0.15) is 0 Å². The Morgan fingerprint density at radius 3 is 2.81 bits per heavy atom. The van der Waals surface area contributed by atoms with Gasteiger partial charge in [0.15, 0.2) is 11.7 Å². The molecule has 0 unspecified atom stereocenters. The van der Waals surface area contributed by atoms with Gasteiger partial charge in [0.2, 0.25) is 5.56 Å². The lowest BCUT2D eigenvalue weighted by atomic mass is 10.1. The molecule has 1 N–H and O–H groups in total. The lowest BCUT2D eigenvalue weighted by Crippen LogP contribution is -2.01. The number of ketones is 1. The quantitative estimate of drug-likeness (QED) is 0.569. The maximum Gasteiger partial charge on any atom is 0.248 e. The lowest BCUT2D eigenvalue weighted by Gasteiger charge is -2.01. The second-order valence-electron chi connectivity index (χ2n) is 6.55. The summed E-state index contributed by atoms with van der Waals surface area (Å²) in [4.78, 5) is 29.8. The number of nitrogens with zero attached hydrogens (tertiary/aromatic N) is 1. The second kappa shape index (κ2) is 8.61. The van der Waals surface area contributed by atoms with E-state index in [9.17, 15) is 9.59 Å². The molecule has 0 aliphatic heterocycles.